The zero-order valence-corrected chi connectivity index (χ0v) is 14.8. The molecule has 0 atom stereocenters. The first-order valence-electron chi connectivity index (χ1n) is 7.09. The van der Waals surface area contributed by atoms with Crippen LogP contribution in [0, 0.1) is 0 Å². The van der Waals surface area contributed by atoms with Gasteiger partial charge in [0, 0.05) is 23.2 Å². The summed E-state index contributed by atoms with van der Waals surface area (Å²) >= 11 is 11.4. The Balaban J connectivity index is 1.98. The fourth-order valence-corrected chi connectivity index (χ4v) is 2.40. The smallest absolute Gasteiger partial charge is 0.257 e. The predicted octanol–water partition coefficient (Wildman–Crippen LogP) is 3.16. The zero-order valence-electron chi connectivity index (χ0n) is 13.3. The van der Waals surface area contributed by atoms with Crippen LogP contribution < -0.4 is 20.1 Å². The second kappa shape index (κ2) is 8.52. The van der Waals surface area contributed by atoms with E-state index in [0.717, 1.165) is 5.56 Å². The first-order chi connectivity index (χ1) is 11.5. The third-order valence-corrected chi connectivity index (χ3v) is 3.85. The number of halogens is 1. The van der Waals surface area contributed by atoms with Gasteiger partial charge in [0.1, 0.15) is 0 Å². The third kappa shape index (κ3) is 4.59. The van der Waals surface area contributed by atoms with Crippen molar-refractivity contribution < 1.29 is 14.3 Å². The van der Waals surface area contributed by atoms with E-state index in [1.54, 1.807) is 50.6 Å². The van der Waals surface area contributed by atoms with E-state index in [9.17, 15) is 4.79 Å². The van der Waals surface area contributed by atoms with Gasteiger partial charge in [0.15, 0.2) is 16.6 Å². The number of rotatable bonds is 5. The molecular formula is C17H17ClN2O3S. The number of hydrogen-bond acceptors (Lipinski definition) is 4. The van der Waals surface area contributed by atoms with Gasteiger partial charge in [0.2, 0.25) is 0 Å². The molecule has 2 aromatic carbocycles. The number of benzene rings is 2. The normalized spacial score (nSPS) is 9.96. The second-order valence-electron chi connectivity index (χ2n) is 4.80. The molecule has 0 saturated carbocycles. The zero-order chi connectivity index (χ0) is 17.5. The Bertz CT molecular complexity index is 738. The number of nitrogens with one attached hydrogen (secondary N) is 2. The summed E-state index contributed by atoms with van der Waals surface area (Å²) in [5.41, 5.74) is 1.30. The van der Waals surface area contributed by atoms with Crippen molar-refractivity contribution in [1.82, 2.24) is 10.6 Å². The molecule has 0 fully saturated rings. The van der Waals surface area contributed by atoms with Crippen LogP contribution in [-0.4, -0.2) is 25.2 Å². The summed E-state index contributed by atoms with van der Waals surface area (Å²) in [4.78, 5) is 12.0. The first kappa shape index (κ1) is 18.0. The molecular weight excluding hydrogens is 348 g/mol. The fourth-order valence-electron chi connectivity index (χ4n) is 2.02. The molecule has 0 unspecified atom stereocenters. The summed E-state index contributed by atoms with van der Waals surface area (Å²) in [5.74, 6) is 0.843. The van der Waals surface area contributed by atoms with Crippen molar-refractivity contribution in [3.63, 3.8) is 0 Å². The summed E-state index contributed by atoms with van der Waals surface area (Å²) in [6, 6.07) is 12.3. The monoisotopic (exact) mass is 364 g/mol. The Labute approximate surface area is 150 Å². The van der Waals surface area contributed by atoms with Crippen molar-refractivity contribution in [3.05, 3.63) is 58.6 Å². The largest absolute Gasteiger partial charge is 0.493 e. The van der Waals surface area contributed by atoms with Gasteiger partial charge in [-0.1, -0.05) is 29.8 Å². The Hall–Kier alpha value is -2.31. The molecule has 0 radical (unpaired) electrons. The van der Waals surface area contributed by atoms with E-state index in [1.165, 1.54) is 0 Å². The lowest BCUT2D eigenvalue weighted by atomic mass is 10.2. The SMILES string of the molecule is COc1cc(Cl)c(CNC(=S)NC(=O)c2ccccc2)cc1OC. The summed E-state index contributed by atoms with van der Waals surface area (Å²) in [6.45, 7) is 0.340. The number of ether oxygens (including phenoxy) is 2. The van der Waals surface area contributed by atoms with Gasteiger partial charge in [-0.05, 0) is 36.0 Å². The van der Waals surface area contributed by atoms with Gasteiger partial charge in [0.25, 0.3) is 5.91 Å². The molecule has 0 aliphatic rings. The maximum Gasteiger partial charge on any atom is 0.257 e. The molecule has 2 N–H and O–H groups in total. The summed E-state index contributed by atoms with van der Waals surface area (Å²) < 4.78 is 10.4. The van der Waals surface area contributed by atoms with Crippen LogP contribution in [0.2, 0.25) is 5.02 Å². The van der Waals surface area contributed by atoms with E-state index < -0.39 is 0 Å². The van der Waals surface area contributed by atoms with Gasteiger partial charge in [-0.15, -0.1) is 0 Å². The van der Waals surface area contributed by atoms with Crippen molar-refractivity contribution in [1.29, 1.82) is 0 Å². The minimum absolute atomic E-state index is 0.217. The lowest BCUT2D eigenvalue weighted by Crippen LogP contribution is -2.38. The third-order valence-electron chi connectivity index (χ3n) is 3.26. The van der Waals surface area contributed by atoms with Crippen LogP contribution in [0.15, 0.2) is 42.5 Å². The molecule has 0 aromatic heterocycles. The van der Waals surface area contributed by atoms with Crippen molar-refractivity contribution in [2.24, 2.45) is 0 Å². The average molecular weight is 365 g/mol. The minimum Gasteiger partial charge on any atom is -0.493 e. The van der Waals surface area contributed by atoms with Crippen LogP contribution >= 0.6 is 23.8 Å². The highest BCUT2D eigenvalue weighted by Gasteiger charge is 2.11. The molecule has 0 heterocycles. The number of amides is 1. The van der Waals surface area contributed by atoms with Crippen LogP contribution in [0.4, 0.5) is 0 Å². The van der Waals surface area contributed by atoms with Gasteiger partial charge in [0.05, 0.1) is 14.2 Å². The van der Waals surface area contributed by atoms with Gasteiger partial charge in [-0.2, -0.15) is 0 Å². The van der Waals surface area contributed by atoms with Crippen molar-refractivity contribution in [2.45, 2.75) is 6.54 Å². The number of methoxy groups -OCH3 is 2. The topological polar surface area (TPSA) is 59.6 Å². The van der Waals surface area contributed by atoms with E-state index in [-0.39, 0.29) is 11.0 Å². The van der Waals surface area contributed by atoms with Crippen LogP contribution in [-0.2, 0) is 6.54 Å². The molecule has 2 aromatic rings. The van der Waals surface area contributed by atoms with Crippen LogP contribution in [0.3, 0.4) is 0 Å². The Morgan fingerprint density at radius 3 is 2.38 bits per heavy atom. The summed E-state index contributed by atoms with van der Waals surface area (Å²) in [6.07, 6.45) is 0. The molecule has 0 aliphatic heterocycles. The Morgan fingerprint density at radius 1 is 1.12 bits per heavy atom. The molecule has 24 heavy (non-hydrogen) atoms. The highest BCUT2D eigenvalue weighted by atomic mass is 35.5. The molecule has 7 heteroatoms. The van der Waals surface area contributed by atoms with Crippen molar-refractivity contribution >= 4 is 34.8 Å². The van der Waals surface area contributed by atoms with Crippen LogP contribution in [0.5, 0.6) is 11.5 Å². The lowest BCUT2D eigenvalue weighted by Gasteiger charge is -2.13. The minimum atomic E-state index is -0.272. The Kier molecular flexibility index (Phi) is 6.40. The standard InChI is InChI=1S/C17H17ClN2O3S/c1-22-14-8-12(13(18)9-15(14)23-2)10-19-17(24)20-16(21)11-6-4-3-5-7-11/h3-9H,10H2,1-2H3,(H2,19,20,21,24). The highest BCUT2D eigenvalue weighted by Crippen LogP contribution is 2.32. The fraction of sp³-hybridized carbons (Fsp3) is 0.176. The van der Waals surface area contributed by atoms with Crippen molar-refractivity contribution in [2.75, 3.05) is 14.2 Å². The van der Waals surface area contributed by atoms with Crippen molar-refractivity contribution in [3.8, 4) is 11.5 Å². The van der Waals surface area contributed by atoms with E-state index in [4.69, 9.17) is 33.3 Å². The number of thiocarbonyl (C=S) groups is 1. The quantitative estimate of drug-likeness (QED) is 0.798. The number of hydrogen-bond donors (Lipinski definition) is 2. The molecule has 126 valence electrons. The van der Waals surface area contributed by atoms with Gasteiger partial charge < -0.3 is 14.8 Å². The van der Waals surface area contributed by atoms with E-state index in [2.05, 4.69) is 10.6 Å². The van der Waals surface area contributed by atoms with E-state index in [1.807, 2.05) is 6.07 Å². The molecule has 0 saturated heterocycles. The van der Waals surface area contributed by atoms with Crippen LogP contribution in [0.25, 0.3) is 0 Å². The molecule has 0 spiro atoms. The number of carbonyl (C=O) groups is 1. The van der Waals surface area contributed by atoms with Gasteiger partial charge in [-0.25, -0.2) is 0 Å². The number of carbonyl (C=O) groups excluding carboxylic acids is 1. The van der Waals surface area contributed by atoms with Crippen LogP contribution in [0.1, 0.15) is 15.9 Å². The Morgan fingerprint density at radius 2 is 1.75 bits per heavy atom. The lowest BCUT2D eigenvalue weighted by molar-refractivity contribution is 0.0976. The predicted molar refractivity (Wildman–Crippen MR) is 97.9 cm³/mol. The average Bonchev–Trinajstić information content (AvgIpc) is 2.61. The maximum atomic E-state index is 12.0. The first-order valence-corrected chi connectivity index (χ1v) is 7.88. The van der Waals surface area contributed by atoms with Gasteiger partial charge in [-0.3, -0.25) is 10.1 Å². The summed E-state index contributed by atoms with van der Waals surface area (Å²) in [7, 11) is 3.09. The maximum absolute atomic E-state index is 12.0. The van der Waals surface area contributed by atoms with E-state index in [0.29, 0.717) is 28.6 Å². The van der Waals surface area contributed by atoms with Gasteiger partial charge >= 0.3 is 0 Å². The second-order valence-corrected chi connectivity index (χ2v) is 5.62. The molecule has 0 aliphatic carbocycles. The molecule has 1 amide bonds. The molecule has 0 bridgehead atoms. The molecule has 5 nitrogen and oxygen atoms in total. The highest BCUT2D eigenvalue weighted by molar-refractivity contribution is 7.80. The molecule has 2 rings (SSSR count). The van der Waals surface area contributed by atoms with E-state index >= 15 is 0 Å². The summed E-state index contributed by atoms with van der Waals surface area (Å²) in [5, 5.41) is 6.30.